The third-order valence-electron chi connectivity index (χ3n) is 8.26. The summed E-state index contributed by atoms with van der Waals surface area (Å²) in [5.74, 6) is -2.09. The van der Waals surface area contributed by atoms with Crippen LogP contribution in [0.4, 0.5) is 0 Å². The standard InChI is InChI=1S/C27H41N3O5/c1-6-10-18(5)29-15-9-12-27-22(21-20(35-27)11-8-14-28(13-7-2)24(21)32)25(33)30(23(27)26(29)34)19(16-31)17(3)4/h8-9,11-12,17-23,31H,6-7,10,13-16H2,1-5H3/t18?,19-,20+,21-,22-,23?,27-/m0/s1. The van der Waals surface area contributed by atoms with E-state index in [9.17, 15) is 19.5 Å². The van der Waals surface area contributed by atoms with E-state index in [1.165, 1.54) is 0 Å². The van der Waals surface area contributed by atoms with Crippen molar-refractivity contribution in [1.29, 1.82) is 0 Å². The number of hydrogen-bond acceptors (Lipinski definition) is 5. The van der Waals surface area contributed by atoms with E-state index < -0.39 is 35.6 Å². The molecule has 0 aromatic carbocycles. The van der Waals surface area contributed by atoms with E-state index in [-0.39, 0.29) is 36.3 Å². The highest BCUT2D eigenvalue weighted by atomic mass is 16.5. The molecule has 2 fully saturated rings. The lowest BCUT2D eigenvalue weighted by Gasteiger charge is -2.41. The van der Waals surface area contributed by atoms with Crippen molar-refractivity contribution in [2.75, 3.05) is 26.2 Å². The Balaban J connectivity index is 1.84. The van der Waals surface area contributed by atoms with E-state index in [0.29, 0.717) is 19.6 Å². The van der Waals surface area contributed by atoms with Gasteiger partial charge in [0.25, 0.3) is 0 Å². The minimum atomic E-state index is -1.23. The fraction of sp³-hybridized carbons (Fsp3) is 0.741. The van der Waals surface area contributed by atoms with Gasteiger partial charge < -0.3 is 24.5 Å². The van der Waals surface area contributed by atoms with Gasteiger partial charge in [-0.3, -0.25) is 14.4 Å². The number of ether oxygens (including phenoxy) is 1. The van der Waals surface area contributed by atoms with Gasteiger partial charge in [-0.2, -0.15) is 0 Å². The van der Waals surface area contributed by atoms with Crippen LogP contribution in [0.3, 0.4) is 0 Å². The van der Waals surface area contributed by atoms with Gasteiger partial charge in [0, 0.05) is 25.7 Å². The average Bonchev–Trinajstić information content (AvgIpc) is 3.12. The lowest BCUT2D eigenvalue weighted by Crippen LogP contribution is -2.60. The fourth-order valence-electron chi connectivity index (χ4n) is 6.56. The van der Waals surface area contributed by atoms with Gasteiger partial charge in [0.2, 0.25) is 17.7 Å². The Labute approximate surface area is 208 Å². The molecule has 4 rings (SSSR count). The molecule has 4 aliphatic rings. The average molecular weight is 488 g/mol. The zero-order valence-electron chi connectivity index (χ0n) is 21.7. The number of likely N-dealkylation sites (tertiary alicyclic amines) is 1. The Kier molecular flexibility index (Phi) is 7.44. The number of carbonyl (C=O) groups excluding carboxylic acids is 3. The zero-order valence-corrected chi connectivity index (χ0v) is 21.7. The Bertz CT molecular complexity index is 901. The highest BCUT2D eigenvalue weighted by molar-refractivity contribution is 6.00. The van der Waals surface area contributed by atoms with Crippen LogP contribution in [0.15, 0.2) is 24.3 Å². The van der Waals surface area contributed by atoms with E-state index in [1.807, 2.05) is 56.9 Å². The van der Waals surface area contributed by atoms with E-state index in [1.54, 1.807) is 9.80 Å². The van der Waals surface area contributed by atoms with Crippen LogP contribution < -0.4 is 0 Å². The largest absolute Gasteiger partial charge is 0.394 e. The molecule has 7 atom stereocenters. The molecule has 2 saturated heterocycles. The molecule has 0 aromatic rings. The Morgan fingerprint density at radius 2 is 1.80 bits per heavy atom. The molecule has 4 aliphatic heterocycles. The van der Waals surface area contributed by atoms with Crippen LogP contribution in [-0.2, 0) is 19.1 Å². The number of fused-ring (bicyclic) bond motifs is 2. The van der Waals surface area contributed by atoms with Gasteiger partial charge in [-0.1, -0.05) is 58.4 Å². The van der Waals surface area contributed by atoms with Crippen molar-refractivity contribution < 1.29 is 24.2 Å². The lowest BCUT2D eigenvalue weighted by molar-refractivity contribution is -0.153. The first kappa shape index (κ1) is 25.9. The lowest BCUT2D eigenvalue weighted by atomic mass is 9.77. The molecule has 3 amide bonds. The summed E-state index contributed by atoms with van der Waals surface area (Å²) in [5, 5.41) is 10.3. The minimum absolute atomic E-state index is 0.00313. The van der Waals surface area contributed by atoms with Gasteiger partial charge in [0.05, 0.1) is 30.6 Å². The molecule has 1 spiro atoms. The topological polar surface area (TPSA) is 90.4 Å². The monoisotopic (exact) mass is 487 g/mol. The number of aliphatic hydroxyl groups excluding tert-OH is 1. The van der Waals surface area contributed by atoms with Crippen LogP contribution in [0, 0.1) is 17.8 Å². The molecule has 0 saturated carbocycles. The predicted octanol–water partition coefficient (Wildman–Crippen LogP) is 1.98. The number of rotatable bonds is 8. The summed E-state index contributed by atoms with van der Waals surface area (Å²) in [6, 6.07) is -1.45. The summed E-state index contributed by atoms with van der Waals surface area (Å²) in [7, 11) is 0. The summed E-state index contributed by atoms with van der Waals surface area (Å²) in [5.41, 5.74) is -1.23. The van der Waals surface area contributed by atoms with Crippen LogP contribution in [0.1, 0.15) is 53.9 Å². The normalized spacial score (nSPS) is 34.1. The van der Waals surface area contributed by atoms with E-state index in [0.717, 1.165) is 19.3 Å². The van der Waals surface area contributed by atoms with Crippen molar-refractivity contribution in [1.82, 2.24) is 14.7 Å². The zero-order chi connectivity index (χ0) is 25.5. The first-order valence-corrected chi connectivity index (χ1v) is 13.3. The van der Waals surface area contributed by atoms with E-state index in [2.05, 4.69) is 6.92 Å². The summed E-state index contributed by atoms with van der Waals surface area (Å²) in [4.78, 5) is 47.4. The van der Waals surface area contributed by atoms with Gasteiger partial charge in [-0.15, -0.1) is 0 Å². The van der Waals surface area contributed by atoms with Crippen molar-refractivity contribution >= 4 is 17.7 Å². The number of nitrogens with zero attached hydrogens (tertiary/aromatic N) is 3. The van der Waals surface area contributed by atoms with Crippen LogP contribution in [-0.4, -0.2) is 93.6 Å². The third-order valence-corrected chi connectivity index (χ3v) is 8.26. The number of carbonyl (C=O) groups is 3. The van der Waals surface area contributed by atoms with Crippen molar-refractivity contribution in [3.8, 4) is 0 Å². The maximum atomic E-state index is 14.2. The van der Waals surface area contributed by atoms with Crippen LogP contribution in [0.2, 0.25) is 0 Å². The van der Waals surface area contributed by atoms with Crippen LogP contribution in [0.5, 0.6) is 0 Å². The molecule has 0 aromatic heterocycles. The Hall–Kier alpha value is -2.19. The summed E-state index contributed by atoms with van der Waals surface area (Å²) >= 11 is 0. The molecular weight excluding hydrogens is 446 g/mol. The van der Waals surface area contributed by atoms with Crippen molar-refractivity contribution in [2.45, 2.75) is 83.7 Å². The van der Waals surface area contributed by atoms with Gasteiger partial charge >= 0.3 is 0 Å². The number of hydrogen-bond donors (Lipinski definition) is 1. The fourth-order valence-corrected chi connectivity index (χ4v) is 6.56. The smallest absolute Gasteiger partial charge is 0.249 e. The van der Waals surface area contributed by atoms with E-state index >= 15 is 0 Å². The maximum Gasteiger partial charge on any atom is 0.249 e. The molecule has 1 N–H and O–H groups in total. The van der Waals surface area contributed by atoms with Gasteiger partial charge in [0.1, 0.15) is 11.6 Å². The second-order valence-electron chi connectivity index (χ2n) is 10.8. The van der Waals surface area contributed by atoms with Crippen LogP contribution >= 0.6 is 0 Å². The third kappa shape index (κ3) is 4.02. The van der Waals surface area contributed by atoms with Crippen molar-refractivity contribution in [3.05, 3.63) is 24.3 Å². The molecule has 8 heteroatoms. The molecule has 0 radical (unpaired) electrons. The summed E-state index contributed by atoms with van der Waals surface area (Å²) < 4.78 is 6.66. The van der Waals surface area contributed by atoms with Crippen LogP contribution in [0.25, 0.3) is 0 Å². The summed E-state index contributed by atoms with van der Waals surface area (Å²) in [6.07, 6.45) is 9.69. The highest BCUT2D eigenvalue weighted by Crippen LogP contribution is 2.54. The van der Waals surface area contributed by atoms with Gasteiger partial charge in [-0.05, 0) is 25.7 Å². The summed E-state index contributed by atoms with van der Waals surface area (Å²) in [6.45, 7) is 11.3. The quantitative estimate of drug-likeness (QED) is 0.529. The SMILES string of the molecule is CCCC(C)N1CC=C[C@]23O[C@@H]4C=CCN(CCC)C(=O)[C@@H]4[C@H]2C(=O)N([C@@H](CO)C(C)C)C3C1=O. The maximum absolute atomic E-state index is 14.2. The van der Waals surface area contributed by atoms with Crippen molar-refractivity contribution in [2.24, 2.45) is 17.8 Å². The number of aliphatic hydroxyl groups is 1. The predicted molar refractivity (Wildman–Crippen MR) is 132 cm³/mol. The van der Waals surface area contributed by atoms with Gasteiger partial charge in [-0.25, -0.2) is 0 Å². The molecule has 8 nitrogen and oxygen atoms in total. The molecule has 0 bridgehead atoms. The van der Waals surface area contributed by atoms with Gasteiger partial charge in [0.15, 0.2) is 0 Å². The molecule has 35 heavy (non-hydrogen) atoms. The molecule has 0 aliphatic carbocycles. The second kappa shape index (κ2) is 10.1. The molecule has 4 heterocycles. The first-order chi connectivity index (χ1) is 16.7. The number of amides is 3. The first-order valence-electron chi connectivity index (χ1n) is 13.3. The molecule has 2 unspecified atom stereocenters. The van der Waals surface area contributed by atoms with Crippen molar-refractivity contribution in [3.63, 3.8) is 0 Å². The second-order valence-corrected chi connectivity index (χ2v) is 10.8. The molecular formula is C27H41N3O5. The minimum Gasteiger partial charge on any atom is -0.394 e. The molecule has 194 valence electrons. The Morgan fingerprint density at radius 1 is 1.06 bits per heavy atom. The highest BCUT2D eigenvalue weighted by Gasteiger charge is 2.72. The van der Waals surface area contributed by atoms with E-state index in [4.69, 9.17) is 4.74 Å². The Morgan fingerprint density at radius 3 is 2.43 bits per heavy atom.